The fourth-order valence-corrected chi connectivity index (χ4v) is 3.80. The van der Waals surface area contributed by atoms with Crippen molar-refractivity contribution in [3.8, 4) is 0 Å². The standard InChI is InChI=1S/C20H16N2O4S/c23-18-9-10-19(24)22(18)11-13-5-7-14(8-6-13)20(25)26-12-17-21-15-3-1-2-4-16(15)27-17/h1-8H,9-12H2. The van der Waals surface area contributed by atoms with E-state index in [1.807, 2.05) is 24.3 Å². The van der Waals surface area contributed by atoms with Crippen molar-refractivity contribution in [1.29, 1.82) is 0 Å². The van der Waals surface area contributed by atoms with Gasteiger partial charge in [0, 0.05) is 12.8 Å². The minimum atomic E-state index is -0.436. The molecule has 2 amide bonds. The molecule has 0 atom stereocenters. The second kappa shape index (κ2) is 7.28. The lowest BCUT2D eigenvalue weighted by atomic mass is 10.1. The van der Waals surface area contributed by atoms with E-state index in [2.05, 4.69) is 4.98 Å². The minimum absolute atomic E-state index is 0.122. The second-order valence-electron chi connectivity index (χ2n) is 6.22. The number of hydrogen-bond acceptors (Lipinski definition) is 6. The number of ether oxygens (including phenoxy) is 1. The zero-order valence-corrected chi connectivity index (χ0v) is 15.2. The van der Waals surface area contributed by atoms with Crippen LogP contribution in [0.2, 0.25) is 0 Å². The third-order valence-corrected chi connectivity index (χ3v) is 5.36. The summed E-state index contributed by atoms with van der Waals surface area (Å²) in [5.41, 5.74) is 2.10. The largest absolute Gasteiger partial charge is 0.455 e. The van der Waals surface area contributed by atoms with Gasteiger partial charge in [-0.05, 0) is 29.8 Å². The quantitative estimate of drug-likeness (QED) is 0.501. The third kappa shape index (κ3) is 3.73. The molecule has 136 valence electrons. The number of carbonyl (C=O) groups is 3. The normalized spacial score (nSPS) is 14.1. The minimum Gasteiger partial charge on any atom is -0.455 e. The van der Waals surface area contributed by atoms with Crippen LogP contribution in [0.4, 0.5) is 0 Å². The van der Waals surface area contributed by atoms with Crippen LogP contribution in [0.1, 0.15) is 33.8 Å². The molecule has 1 aromatic heterocycles. The van der Waals surface area contributed by atoms with Gasteiger partial charge in [0.05, 0.1) is 22.3 Å². The van der Waals surface area contributed by atoms with Gasteiger partial charge in [0.15, 0.2) is 0 Å². The number of benzene rings is 2. The average Bonchev–Trinajstić information content (AvgIpc) is 3.24. The van der Waals surface area contributed by atoms with Crippen molar-refractivity contribution in [2.75, 3.05) is 0 Å². The fraction of sp³-hybridized carbons (Fsp3) is 0.200. The number of carbonyl (C=O) groups excluding carboxylic acids is 3. The van der Waals surface area contributed by atoms with Crippen LogP contribution in [0.25, 0.3) is 10.2 Å². The van der Waals surface area contributed by atoms with Crippen molar-refractivity contribution in [2.24, 2.45) is 0 Å². The molecule has 0 aliphatic carbocycles. The Morgan fingerprint density at radius 3 is 2.44 bits per heavy atom. The van der Waals surface area contributed by atoms with E-state index in [0.717, 1.165) is 20.8 Å². The number of nitrogens with zero attached hydrogens (tertiary/aromatic N) is 2. The molecule has 0 N–H and O–H groups in total. The zero-order valence-electron chi connectivity index (χ0n) is 14.4. The average molecular weight is 380 g/mol. The number of hydrogen-bond donors (Lipinski definition) is 0. The zero-order chi connectivity index (χ0) is 18.8. The van der Waals surface area contributed by atoms with E-state index in [1.165, 1.54) is 16.2 Å². The predicted octanol–water partition coefficient (Wildman–Crippen LogP) is 3.30. The van der Waals surface area contributed by atoms with Gasteiger partial charge in [0.2, 0.25) is 11.8 Å². The highest BCUT2D eigenvalue weighted by atomic mass is 32.1. The molecule has 1 aliphatic rings. The van der Waals surface area contributed by atoms with Crippen LogP contribution in [0, 0.1) is 0 Å². The fourth-order valence-electron chi connectivity index (χ4n) is 2.92. The number of likely N-dealkylation sites (tertiary alicyclic amines) is 1. The van der Waals surface area contributed by atoms with Gasteiger partial charge in [-0.1, -0.05) is 24.3 Å². The topological polar surface area (TPSA) is 76.6 Å². The molecule has 1 aliphatic heterocycles. The summed E-state index contributed by atoms with van der Waals surface area (Å²) >= 11 is 1.50. The third-order valence-electron chi connectivity index (χ3n) is 4.35. The Labute approximate surface area is 159 Å². The summed E-state index contributed by atoms with van der Waals surface area (Å²) in [4.78, 5) is 41.3. The molecular weight excluding hydrogens is 364 g/mol. The highest BCUT2D eigenvalue weighted by Gasteiger charge is 2.28. The highest BCUT2D eigenvalue weighted by Crippen LogP contribution is 2.22. The van der Waals surface area contributed by atoms with Gasteiger partial charge < -0.3 is 4.74 Å². The molecule has 0 spiro atoms. The SMILES string of the molecule is O=C(OCc1nc2ccccc2s1)c1ccc(CN2C(=O)CCC2=O)cc1. The summed E-state index contributed by atoms with van der Waals surface area (Å²) in [5, 5.41) is 0.743. The van der Waals surface area contributed by atoms with Crippen molar-refractivity contribution in [3.63, 3.8) is 0 Å². The van der Waals surface area contributed by atoms with Crippen molar-refractivity contribution in [1.82, 2.24) is 9.88 Å². The maximum atomic E-state index is 12.2. The predicted molar refractivity (Wildman–Crippen MR) is 100.0 cm³/mol. The molecule has 6 nitrogen and oxygen atoms in total. The molecule has 2 aromatic carbocycles. The van der Waals surface area contributed by atoms with Crippen LogP contribution in [-0.4, -0.2) is 27.7 Å². The van der Waals surface area contributed by atoms with E-state index in [9.17, 15) is 14.4 Å². The van der Waals surface area contributed by atoms with E-state index in [0.29, 0.717) is 5.56 Å². The van der Waals surface area contributed by atoms with Gasteiger partial charge in [-0.3, -0.25) is 14.5 Å². The molecule has 7 heteroatoms. The number of para-hydroxylation sites is 1. The Morgan fingerprint density at radius 1 is 1.04 bits per heavy atom. The number of thiazole rings is 1. The monoisotopic (exact) mass is 380 g/mol. The summed E-state index contributed by atoms with van der Waals surface area (Å²) in [6.07, 6.45) is 0.546. The molecule has 0 radical (unpaired) electrons. The Hall–Kier alpha value is -3.06. The molecule has 2 heterocycles. The Kier molecular flexibility index (Phi) is 4.68. The number of rotatable bonds is 5. The van der Waals surface area contributed by atoms with Crippen molar-refractivity contribution >= 4 is 39.3 Å². The van der Waals surface area contributed by atoms with Crippen LogP contribution in [0.15, 0.2) is 48.5 Å². The van der Waals surface area contributed by atoms with Gasteiger partial charge in [0.1, 0.15) is 11.6 Å². The van der Waals surface area contributed by atoms with Gasteiger partial charge in [-0.25, -0.2) is 9.78 Å². The number of imide groups is 1. The van der Waals surface area contributed by atoms with Gasteiger partial charge in [0.25, 0.3) is 0 Å². The maximum absolute atomic E-state index is 12.2. The molecular formula is C20H16N2O4S. The van der Waals surface area contributed by atoms with Crippen molar-refractivity contribution in [3.05, 3.63) is 64.7 Å². The smallest absolute Gasteiger partial charge is 0.338 e. The number of fused-ring (bicyclic) bond motifs is 1. The summed E-state index contributed by atoms with van der Waals surface area (Å²) < 4.78 is 6.40. The number of amides is 2. The lowest BCUT2D eigenvalue weighted by Gasteiger charge is -2.13. The van der Waals surface area contributed by atoms with Gasteiger partial charge >= 0.3 is 5.97 Å². The number of esters is 1. The summed E-state index contributed by atoms with van der Waals surface area (Å²) in [5.74, 6) is -0.743. The van der Waals surface area contributed by atoms with E-state index in [-0.39, 0.29) is 37.8 Å². The Balaban J connectivity index is 1.37. The molecule has 0 unspecified atom stereocenters. The number of aromatic nitrogens is 1. The van der Waals surface area contributed by atoms with Crippen LogP contribution in [0.5, 0.6) is 0 Å². The second-order valence-corrected chi connectivity index (χ2v) is 7.34. The molecule has 1 saturated heterocycles. The highest BCUT2D eigenvalue weighted by molar-refractivity contribution is 7.18. The van der Waals surface area contributed by atoms with E-state index >= 15 is 0 Å². The molecule has 4 rings (SSSR count). The lowest BCUT2D eigenvalue weighted by Crippen LogP contribution is -2.28. The van der Waals surface area contributed by atoms with Crippen molar-refractivity contribution in [2.45, 2.75) is 26.0 Å². The molecule has 0 saturated carbocycles. The van der Waals surface area contributed by atoms with E-state index in [1.54, 1.807) is 24.3 Å². The molecule has 27 heavy (non-hydrogen) atoms. The first-order chi connectivity index (χ1) is 13.1. The maximum Gasteiger partial charge on any atom is 0.338 e. The summed E-state index contributed by atoms with van der Waals surface area (Å²) in [6.45, 7) is 0.357. The first-order valence-electron chi connectivity index (χ1n) is 8.54. The molecule has 0 bridgehead atoms. The first kappa shape index (κ1) is 17.4. The van der Waals surface area contributed by atoms with Crippen LogP contribution in [-0.2, 0) is 27.5 Å². The first-order valence-corrected chi connectivity index (χ1v) is 9.35. The van der Waals surface area contributed by atoms with E-state index in [4.69, 9.17) is 4.74 Å². The lowest BCUT2D eigenvalue weighted by molar-refractivity contribution is -0.139. The van der Waals surface area contributed by atoms with Crippen LogP contribution < -0.4 is 0 Å². The van der Waals surface area contributed by atoms with Gasteiger partial charge in [-0.15, -0.1) is 11.3 Å². The van der Waals surface area contributed by atoms with Crippen LogP contribution in [0.3, 0.4) is 0 Å². The summed E-state index contributed by atoms with van der Waals surface area (Å²) in [6, 6.07) is 14.5. The Morgan fingerprint density at radius 2 is 1.74 bits per heavy atom. The molecule has 3 aromatic rings. The van der Waals surface area contributed by atoms with Crippen molar-refractivity contribution < 1.29 is 19.1 Å². The Bertz CT molecular complexity index is 977. The molecule has 1 fully saturated rings. The van der Waals surface area contributed by atoms with Gasteiger partial charge in [-0.2, -0.15) is 0 Å². The van der Waals surface area contributed by atoms with Crippen LogP contribution >= 0.6 is 11.3 Å². The summed E-state index contributed by atoms with van der Waals surface area (Å²) in [7, 11) is 0. The van der Waals surface area contributed by atoms with E-state index < -0.39 is 5.97 Å².